The Labute approximate surface area is 175 Å². The number of rotatable bonds is 8. The topological polar surface area (TPSA) is 66.5 Å². The second-order valence-electron chi connectivity index (χ2n) is 6.98. The summed E-state index contributed by atoms with van der Waals surface area (Å²) in [6, 6.07) is 13.8. The predicted molar refractivity (Wildman–Crippen MR) is 118 cm³/mol. The van der Waals surface area contributed by atoms with E-state index in [-0.39, 0.29) is 11.6 Å². The summed E-state index contributed by atoms with van der Waals surface area (Å²) in [5.41, 5.74) is 4.63. The van der Waals surface area contributed by atoms with Gasteiger partial charge in [-0.3, -0.25) is 4.79 Å². The number of hydrogen-bond acceptors (Lipinski definition) is 3. The molecule has 0 aliphatic rings. The Kier molecular flexibility index (Phi) is 6.73. The maximum absolute atomic E-state index is 12.2. The molecule has 0 radical (unpaired) electrons. The highest BCUT2D eigenvalue weighted by Crippen LogP contribution is 2.22. The van der Waals surface area contributed by atoms with E-state index >= 15 is 0 Å². The van der Waals surface area contributed by atoms with Gasteiger partial charge in [0.05, 0.1) is 0 Å². The Morgan fingerprint density at radius 2 is 2.10 bits per heavy atom. The number of aromatic nitrogens is 1. The van der Waals surface area contributed by atoms with Crippen LogP contribution in [-0.4, -0.2) is 23.1 Å². The molecule has 0 bridgehead atoms. The lowest BCUT2D eigenvalue weighted by Crippen LogP contribution is -2.31. The van der Waals surface area contributed by atoms with Crippen molar-refractivity contribution >= 4 is 34.1 Å². The van der Waals surface area contributed by atoms with Gasteiger partial charge in [0.25, 0.3) is 5.91 Å². The summed E-state index contributed by atoms with van der Waals surface area (Å²) in [4.78, 5) is 20.7. The number of amides is 1. The molecule has 150 valence electrons. The molecule has 2 aromatic carbocycles. The number of carbonyl (C=O) groups is 1. The maximum atomic E-state index is 12.2. The van der Waals surface area contributed by atoms with Crippen molar-refractivity contribution in [2.45, 2.75) is 26.7 Å². The third-order valence-electron chi connectivity index (χ3n) is 4.53. The van der Waals surface area contributed by atoms with Gasteiger partial charge in [-0.15, -0.1) is 0 Å². The van der Waals surface area contributed by atoms with Gasteiger partial charge in [0, 0.05) is 35.1 Å². The quantitative estimate of drug-likeness (QED) is 0.314. The largest absolute Gasteiger partial charge is 0.361 e. The van der Waals surface area contributed by atoms with Crippen molar-refractivity contribution in [3.8, 4) is 0 Å². The first kappa shape index (κ1) is 20.7. The van der Waals surface area contributed by atoms with Gasteiger partial charge >= 0.3 is 0 Å². The number of carbonyl (C=O) groups excluding carboxylic acids is 1. The molecule has 6 heteroatoms. The Balaban J connectivity index is 1.48. The van der Waals surface area contributed by atoms with Crippen LogP contribution in [-0.2, 0) is 22.5 Å². The van der Waals surface area contributed by atoms with Crippen LogP contribution in [0.5, 0.6) is 0 Å². The SMILES string of the molecule is C=C(Cc1cccc(C)c1)O/N=C(\C)C(=O)NCCc1c[nH]c2ccc(Cl)cc12. The summed E-state index contributed by atoms with van der Waals surface area (Å²) in [6.07, 6.45) is 3.16. The summed E-state index contributed by atoms with van der Waals surface area (Å²) >= 11 is 6.07. The first-order valence-corrected chi connectivity index (χ1v) is 9.79. The fraction of sp³-hybridized carbons (Fsp3) is 0.217. The number of H-pyrrole nitrogens is 1. The van der Waals surface area contributed by atoms with E-state index in [9.17, 15) is 4.79 Å². The number of hydrogen-bond donors (Lipinski definition) is 2. The van der Waals surface area contributed by atoms with Crippen LogP contribution in [0.4, 0.5) is 0 Å². The lowest BCUT2D eigenvalue weighted by molar-refractivity contribution is -0.114. The number of fused-ring (bicyclic) bond motifs is 1. The van der Waals surface area contributed by atoms with E-state index in [1.54, 1.807) is 6.92 Å². The van der Waals surface area contributed by atoms with Gasteiger partial charge in [-0.2, -0.15) is 0 Å². The van der Waals surface area contributed by atoms with Crippen molar-refractivity contribution in [3.05, 3.63) is 82.7 Å². The number of nitrogens with zero attached hydrogens (tertiary/aromatic N) is 1. The number of benzene rings is 2. The number of halogens is 1. The molecule has 29 heavy (non-hydrogen) atoms. The van der Waals surface area contributed by atoms with Gasteiger partial charge in [-0.05, 0) is 49.6 Å². The van der Waals surface area contributed by atoms with Crippen molar-refractivity contribution in [3.63, 3.8) is 0 Å². The number of aromatic amines is 1. The molecule has 2 N–H and O–H groups in total. The molecule has 1 amide bonds. The molecule has 3 aromatic rings. The maximum Gasteiger partial charge on any atom is 0.268 e. The highest BCUT2D eigenvalue weighted by atomic mass is 35.5. The van der Waals surface area contributed by atoms with E-state index in [0.717, 1.165) is 22.0 Å². The third-order valence-corrected chi connectivity index (χ3v) is 4.77. The highest BCUT2D eigenvalue weighted by molar-refractivity contribution is 6.37. The third kappa shape index (κ3) is 5.72. The summed E-state index contributed by atoms with van der Waals surface area (Å²) in [5.74, 6) is 0.213. The van der Waals surface area contributed by atoms with Crippen LogP contribution in [0, 0.1) is 6.92 Å². The molecule has 0 spiro atoms. The van der Waals surface area contributed by atoms with Gasteiger partial charge in [-0.1, -0.05) is 53.2 Å². The standard InChI is InChI=1S/C23H24ClN3O2/c1-15-5-4-6-18(11-15)12-16(2)29-27-17(3)23(28)25-10-9-19-14-26-22-8-7-20(24)13-21(19)22/h4-8,11,13-14,26H,2,9-10,12H2,1,3H3,(H,25,28)/b27-17+. The van der Waals surface area contributed by atoms with Crippen LogP contribution < -0.4 is 5.32 Å². The summed E-state index contributed by atoms with van der Waals surface area (Å²) in [7, 11) is 0. The van der Waals surface area contributed by atoms with Gasteiger partial charge in [0.2, 0.25) is 0 Å². The Bertz CT molecular complexity index is 1070. The molecule has 0 aliphatic heterocycles. The molecule has 0 aliphatic carbocycles. The number of allylic oxidation sites excluding steroid dienone is 1. The zero-order chi connectivity index (χ0) is 20.8. The first-order valence-electron chi connectivity index (χ1n) is 9.41. The monoisotopic (exact) mass is 409 g/mol. The Hall–Kier alpha value is -3.05. The average Bonchev–Trinajstić information content (AvgIpc) is 3.08. The van der Waals surface area contributed by atoms with Crippen LogP contribution in [0.2, 0.25) is 5.02 Å². The van der Waals surface area contributed by atoms with Crippen LogP contribution in [0.25, 0.3) is 10.9 Å². The van der Waals surface area contributed by atoms with E-state index < -0.39 is 0 Å². The molecular weight excluding hydrogens is 386 g/mol. The summed E-state index contributed by atoms with van der Waals surface area (Å²) in [6.45, 7) is 7.99. The second kappa shape index (κ2) is 9.43. The van der Waals surface area contributed by atoms with E-state index in [1.807, 2.05) is 49.5 Å². The number of oxime groups is 1. The minimum atomic E-state index is -0.272. The molecule has 0 saturated heterocycles. The van der Waals surface area contributed by atoms with Crippen molar-refractivity contribution < 1.29 is 9.63 Å². The average molecular weight is 410 g/mol. The number of aryl methyl sites for hydroxylation is 1. The molecule has 1 aromatic heterocycles. The lowest BCUT2D eigenvalue weighted by Gasteiger charge is -2.07. The summed E-state index contributed by atoms with van der Waals surface area (Å²) in [5, 5.41) is 8.51. The predicted octanol–water partition coefficient (Wildman–Crippen LogP) is 4.94. The van der Waals surface area contributed by atoms with Crippen molar-refractivity contribution in [2.75, 3.05) is 6.54 Å². The van der Waals surface area contributed by atoms with Gasteiger partial charge in [-0.25, -0.2) is 0 Å². The molecular formula is C23H24ClN3O2. The normalized spacial score (nSPS) is 11.5. The molecule has 1 heterocycles. The van der Waals surface area contributed by atoms with Gasteiger partial charge in [0.15, 0.2) is 0 Å². The number of nitrogens with one attached hydrogen (secondary N) is 2. The Morgan fingerprint density at radius 3 is 2.90 bits per heavy atom. The van der Waals surface area contributed by atoms with Crippen LogP contribution in [0.15, 0.2) is 66.2 Å². The fourth-order valence-corrected chi connectivity index (χ4v) is 3.22. The summed E-state index contributed by atoms with van der Waals surface area (Å²) < 4.78 is 0. The fourth-order valence-electron chi connectivity index (χ4n) is 3.05. The molecule has 0 fully saturated rings. The van der Waals surface area contributed by atoms with Gasteiger partial charge in [0.1, 0.15) is 11.5 Å². The van der Waals surface area contributed by atoms with E-state index in [2.05, 4.69) is 28.1 Å². The molecule has 0 atom stereocenters. The smallest absolute Gasteiger partial charge is 0.268 e. The van der Waals surface area contributed by atoms with E-state index in [4.69, 9.17) is 16.4 Å². The molecule has 0 unspecified atom stereocenters. The Morgan fingerprint density at radius 1 is 1.28 bits per heavy atom. The lowest BCUT2D eigenvalue weighted by atomic mass is 10.1. The molecule has 5 nitrogen and oxygen atoms in total. The van der Waals surface area contributed by atoms with Crippen molar-refractivity contribution in [1.82, 2.24) is 10.3 Å². The first-order chi connectivity index (χ1) is 13.9. The zero-order valence-electron chi connectivity index (χ0n) is 16.6. The minimum Gasteiger partial charge on any atom is -0.361 e. The zero-order valence-corrected chi connectivity index (χ0v) is 17.3. The van der Waals surface area contributed by atoms with Crippen molar-refractivity contribution in [1.29, 1.82) is 0 Å². The van der Waals surface area contributed by atoms with Crippen LogP contribution in [0.3, 0.4) is 0 Å². The van der Waals surface area contributed by atoms with Crippen molar-refractivity contribution in [2.24, 2.45) is 5.16 Å². The van der Waals surface area contributed by atoms with E-state index in [1.165, 1.54) is 5.56 Å². The van der Waals surface area contributed by atoms with Gasteiger partial charge < -0.3 is 15.1 Å². The molecule has 3 rings (SSSR count). The minimum absolute atomic E-state index is 0.248. The van der Waals surface area contributed by atoms with Crippen LogP contribution >= 0.6 is 11.6 Å². The van der Waals surface area contributed by atoms with Crippen LogP contribution in [0.1, 0.15) is 23.6 Å². The van der Waals surface area contributed by atoms with E-state index in [0.29, 0.717) is 30.2 Å². The highest BCUT2D eigenvalue weighted by Gasteiger charge is 2.09. The second-order valence-corrected chi connectivity index (χ2v) is 7.42. The molecule has 0 saturated carbocycles.